The van der Waals surface area contributed by atoms with Gasteiger partial charge >= 0.3 is 0 Å². The molecule has 0 saturated heterocycles. The van der Waals surface area contributed by atoms with Crippen LogP contribution < -0.4 is 0 Å². The van der Waals surface area contributed by atoms with E-state index < -0.39 is 0 Å². The normalized spacial score (nSPS) is 11.5. The monoisotopic (exact) mass is 262 g/mol. The number of allylic oxidation sites excluding steroid dienone is 1. The lowest BCUT2D eigenvalue weighted by molar-refractivity contribution is 1.09. The molecule has 0 atom stereocenters. The van der Waals surface area contributed by atoms with Crippen molar-refractivity contribution in [2.45, 2.75) is 20.3 Å². The van der Waals surface area contributed by atoms with Crippen LogP contribution >= 0.6 is 0 Å². The molecule has 0 aliphatic rings. The predicted molar refractivity (Wildman–Crippen MR) is 83.8 cm³/mol. The molecule has 0 aliphatic carbocycles. The van der Waals surface area contributed by atoms with Crippen molar-refractivity contribution >= 4 is 11.7 Å². The third-order valence-corrected chi connectivity index (χ3v) is 3.65. The first-order chi connectivity index (χ1) is 9.75. The highest BCUT2D eigenvalue weighted by Crippen LogP contribution is 2.16. The maximum absolute atomic E-state index is 4.65. The highest BCUT2D eigenvalue weighted by atomic mass is 15.0. The van der Waals surface area contributed by atoms with Gasteiger partial charge in [0.1, 0.15) is 5.65 Å². The van der Waals surface area contributed by atoms with Gasteiger partial charge in [-0.25, -0.2) is 4.98 Å². The van der Waals surface area contributed by atoms with Gasteiger partial charge < -0.3 is 4.40 Å². The van der Waals surface area contributed by atoms with E-state index in [1.807, 2.05) is 6.07 Å². The van der Waals surface area contributed by atoms with Crippen LogP contribution in [0.5, 0.6) is 0 Å². The minimum Gasteiger partial charge on any atom is -0.304 e. The zero-order valence-electron chi connectivity index (χ0n) is 11.9. The maximum atomic E-state index is 4.65. The smallest absolute Gasteiger partial charge is 0.144 e. The first-order valence-electron chi connectivity index (χ1n) is 6.90. The Morgan fingerprint density at radius 2 is 1.85 bits per heavy atom. The number of imidazole rings is 1. The molecule has 20 heavy (non-hydrogen) atoms. The number of nitrogens with zero attached hydrogens (tertiary/aromatic N) is 2. The maximum Gasteiger partial charge on any atom is 0.144 e. The SMILES string of the molecule is Cc1nc2c(/C=C\Cc3ccccc3)cccn2c1C. The Kier molecular flexibility index (Phi) is 3.38. The number of benzene rings is 1. The molecule has 0 N–H and O–H groups in total. The van der Waals surface area contributed by atoms with Crippen LogP contribution in [0, 0.1) is 13.8 Å². The molecular weight excluding hydrogens is 244 g/mol. The summed E-state index contributed by atoms with van der Waals surface area (Å²) in [5, 5.41) is 0. The first kappa shape index (κ1) is 12.7. The van der Waals surface area contributed by atoms with Crippen LogP contribution in [0.15, 0.2) is 54.7 Å². The van der Waals surface area contributed by atoms with Gasteiger partial charge in [0.25, 0.3) is 0 Å². The molecule has 2 aromatic heterocycles. The Hall–Kier alpha value is -2.35. The number of pyridine rings is 1. The van der Waals surface area contributed by atoms with E-state index in [2.05, 4.69) is 78.0 Å². The van der Waals surface area contributed by atoms with Crippen molar-refractivity contribution in [1.29, 1.82) is 0 Å². The van der Waals surface area contributed by atoms with Crippen LogP contribution in [-0.2, 0) is 6.42 Å². The molecule has 100 valence electrons. The molecule has 0 amide bonds. The van der Waals surface area contributed by atoms with Gasteiger partial charge in [-0.3, -0.25) is 0 Å². The van der Waals surface area contributed by atoms with Gasteiger partial charge in [0, 0.05) is 17.5 Å². The lowest BCUT2D eigenvalue weighted by Gasteiger charge is -2.00. The molecule has 2 heterocycles. The second-order valence-corrected chi connectivity index (χ2v) is 5.03. The van der Waals surface area contributed by atoms with Crippen molar-refractivity contribution in [2.75, 3.05) is 0 Å². The van der Waals surface area contributed by atoms with Crippen LogP contribution in [0.2, 0.25) is 0 Å². The lowest BCUT2D eigenvalue weighted by Crippen LogP contribution is -1.89. The standard InChI is InChI=1S/C18H18N2/c1-14-15(2)20-13-7-12-17(18(20)19-14)11-6-10-16-8-4-3-5-9-16/h3-9,11-13H,10H2,1-2H3/b11-6-. The summed E-state index contributed by atoms with van der Waals surface area (Å²) in [5.74, 6) is 0. The highest BCUT2D eigenvalue weighted by molar-refractivity contribution is 5.66. The second kappa shape index (κ2) is 5.33. The summed E-state index contributed by atoms with van der Waals surface area (Å²) in [5.41, 5.74) is 5.82. The van der Waals surface area contributed by atoms with Gasteiger partial charge in [-0.2, -0.15) is 0 Å². The van der Waals surface area contributed by atoms with Crippen LogP contribution in [0.4, 0.5) is 0 Å². The van der Waals surface area contributed by atoms with Crippen LogP contribution in [0.3, 0.4) is 0 Å². The van der Waals surface area contributed by atoms with Crippen molar-refractivity contribution < 1.29 is 0 Å². The fourth-order valence-corrected chi connectivity index (χ4v) is 2.39. The molecule has 2 heteroatoms. The molecule has 0 saturated carbocycles. The number of fused-ring (bicyclic) bond motifs is 1. The van der Waals surface area contributed by atoms with E-state index in [4.69, 9.17) is 0 Å². The number of aryl methyl sites for hydroxylation is 2. The summed E-state index contributed by atoms with van der Waals surface area (Å²) in [6.45, 7) is 4.16. The highest BCUT2D eigenvalue weighted by Gasteiger charge is 2.05. The van der Waals surface area contributed by atoms with Gasteiger partial charge in [0.2, 0.25) is 0 Å². The molecule has 0 aliphatic heterocycles. The second-order valence-electron chi connectivity index (χ2n) is 5.03. The van der Waals surface area contributed by atoms with Crippen molar-refractivity contribution in [3.05, 3.63) is 77.3 Å². The summed E-state index contributed by atoms with van der Waals surface area (Å²) >= 11 is 0. The average molecular weight is 262 g/mol. The Morgan fingerprint density at radius 3 is 2.65 bits per heavy atom. The van der Waals surface area contributed by atoms with Gasteiger partial charge in [0.05, 0.1) is 5.69 Å². The summed E-state index contributed by atoms with van der Waals surface area (Å²) < 4.78 is 2.15. The summed E-state index contributed by atoms with van der Waals surface area (Å²) in [4.78, 5) is 4.65. The zero-order chi connectivity index (χ0) is 13.9. The Balaban J connectivity index is 1.89. The van der Waals surface area contributed by atoms with Crippen molar-refractivity contribution in [3.63, 3.8) is 0 Å². The molecule has 2 nitrogen and oxygen atoms in total. The molecule has 3 aromatic rings. The van der Waals surface area contributed by atoms with E-state index in [1.54, 1.807) is 0 Å². The number of rotatable bonds is 3. The Bertz CT molecular complexity index is 752. The van der Waals surface area contributed by atoms with Crippen LogP contribution in [-0.4, -0.2) is 9.38 Å². The molecule has 0 bridgehead atoms. The number of aromatic nitrogens is 2. The number of hydrogen-bond acceptors (Lipinski definition) is 1. The fourth-order valence-electron chi connectivity index (χ4n) is 2.39. The lowest BCUT2D eigenvalue weighted by atomic mass is 10.1. The van der Waals surface area contributed by atoms with Gasteiger partial charge in [-0.1, -0.05) is 42.5 Å². The minimum atomic E-state index is 0.945. The van der Waals surface area contributed by atoms with Gasteiger partial charge in [-0.05, 0) is 38.0 Å². The predicted octanol–water partition coefficient (Wildman–Crippen LogP) is 4.21. The molecule has 0 unspecified atom stereocenters. The summed E-state index contributed by atoms with van der Waals surface area (Å²) in [7, 11) is 0. The average Bonchev–Trinajstić information content (AvgIpc) is 2.77. The van der Waals surface area contributed by atoms with Crippen molar-refractivity contribution in [2.24, 2.45) is 0 Å². The molecule has 0 spiro atoms. The van der Waals surface area contributed by atoms with E-state index in [0.717, 1.165) is 17.8 Å². The van der Waals surface area contributed by atoms with E-state index in [-0.39, 0.29) is 0 Å². The topological polar surface area (TPSA) is 17.3 Å². The van der Waals surface area contributed by atoms with Crippen molar-refractivity contribution in [1.82, 2.24) is 9.38 Å². The summed E-state index contributed by atoms with van der Waals surface area (Å²) in [6, 6.07) is 14.7. The minimum absolute atomic E-state index is 0.945. The van der Waals surface area contributed by atoms with E-state index in [9.17, 15) is 0 Å². The Morgan fingerprint density at radius 1 is 1.05 bits per heavy atom. The van der Waals surface area contributed by atoms with E-state index in [1.165, 1.54) is 16.8 Å². The van der Waals surface area contributed by atoms with Crippen LogP contribution in [0.1, 0.15) is 22.5 Å². The van der Waals surface area contributed by atoms with Crippen LogP contribution in [0.25, 0.3) is 11.7 Å². The van der Waals surface area contributed by atoms with E-state index in [0.29, 0.717) is 0 Å². The molecule has 0 fully saturated rings. The first-order valence-corrected chi connectivity index (χ1v) is 6.90. The zero-order valence-corrected chi connectivity index (χ0v) is 11.9. The Labute approximate surface area is 119 Å². The quantitative estimate of drug-likeness (QED) is 0.691. The third kappa shape index (κ3) is 2.37. The van der Waals surface area contributed by atoms with Gasteiger partial charge in [0.15, 0.2) is 0 Å². The fraction of sp³-hybridized carbons (Fsp3) is 0.167. The molecule has 0 radical (unpaired) electrons. The summed E-state index contributed by atoms with van der Waals surface area (Å²) in [6.07, 6.45) is 7.37. The van der Waals surface area contributed by atoms with Gasteiger partial charge in [-0.15, -0.1) is 0 Å². The third-order valence-electron chi connectivity index (χ3n) is 3.65. The van der Waals surface area contributed by atoms with Crippen molar-refractivity contribution in [3.8, 4) is 0 Å². The largest absolute Gasteiger partial charge is 0.304 e. The molecular formula is C18H18N2. The van der Waals surface area contributed by atoms with E-state index >= 15 is 0 Å². The molecule has 3 rings (SSSR count). The molecule has 1 aromatic carbocycles. The number of hydrogen-bond donors (Lipinski definition) is 0.